The van der Waals surface area contributed by atoms with Crippen LogP contribution < -0.4 is 16.8 Å². The van der Waals surface area contributed by atoms with E-state index in [1.54, 1.807) is 79.7 Å². The molecule has 9 aromatic rings. The first-order chi connectivity index (χ1) is 26.2. The Balaban J connectivity index is 0.000000136. The molecular weight excluding hydrogens is 838 g/mol. The highest BCUT2D eigenvalue weighted by molar-refractivity contribution is 7.71. The number of aromatic nitrogens is 5. The van der Waals surface area contributed by atoms with Gasteiger partial charge in [0, 0.05) is 56.5 Å². The minimum Gasteiger partial charge on any atom is -0.506 e. The van der Waals surface area contributed by atoms with Gasteiger partial charge in [-0.25, -0.2) is 0 Å². The maximum atomic E-state index is 8.89. The first-order valence-corrected chi connectivity index (χ1v) is 17.7. The number of nitrogens with two attached hydrogens (primary N) is 2. The zero-order valence-electron chi connectivity index (χ0n) is 28.3. The number of nitrogens with one attached hydrogen (secondary N) is 2. The van der Waals surface area contributed by atoms with Gasteiger partial charge in [0.25, 0.3) is 10.2 Å². The average Bonchev–Trinajstić information content (AvgIpc) is 3.96. The molecule has 7 N–H and O–H groups in total. The highest BCUT2D eigenvalue weighted by Gasteiger charge is 2.08. The number of nitrogens with zero attached hydrogens (tertiary/aromatic N) is 4. The smallest absolute Gasteiger partial charge is 0.301 e. The van der Waals surface area contributed by atoms with Crippen molar-refractivity contribution in [3.63, 3.8) is 0 Å². The number of benzene rings is 4. The molecule has 0 aliphatic carbocycles. The first kappa shape index (κ1) is 40.8. The molecule has 20 heteroatoms. The third-order valence-electron chi connectivity index (χ3n) is 6.56. The summed E-state index contributed by atoms with van der Waals surface area (Å²) >= 11 is 33.1. The number of phenols is 1. The van der Waals surface area contributed by atoms with Gasteiger partial charge in [-0.1, -0.05) is 56.7 Å². The Morgan fingerprint density at radius 3 is 1.78 bits per heavy atom. The lowest BCUT2D eigenvalue weighted by Gasteiger charge is -1.95. The van der Waals surface area contributed by atoms with Crippen molar-refractivity contribution in [3.05, 3.63) is 127 Å². The van der Waals surface area contributed by atoms with E-state index >= 15 is 0 Å². The summed E-state index contributed by atoms with van der Waals surface area (Å²) in [5.74, 6) is 2.49. The number of oxazole rings is 3. The highest BCUT2D eigenvalue weighted by Crippen LogP contribution is 2.26. The minimum absolute atomic E-state index is 0.0301. The first-order valence-electron chi connectivity index (χ1n) is 15.4. The number of halogens is 5. The second kappa shape index (κ2) is 18.8. The molecule has 55 heavy (non-hydrogen) atoms. The van der Waals surface area contributed by atoms with Crippen molar-refractivity contribution in [2.24, 2.45) is 0 Å². The predicted octanol–water partition coefficient (Wildman–Crippen LogP) is 12.0. The number of aromatic amines is 1. The quantitative estimate of drug-likeness (QED) is 0.0620. The molecule has 0 amide bonds. The summed E-state index contributed by atoms with van der Waals surface area (Å²) < 4.78 is 25.1. The van der Waals surface area contributed by atoms with Gasteiger partial charge < -0.3 is 43.9 Å². The van der Waals surface area contributed by atoms with Gasteiger partial charge in [-0.2, -0.15) is 9.97 Å². The van der Waals surface area contributed by atoms with E-state index in [1.807, 2.05) is 13.0 Å². The molecule has 0 bridgehead atoms. The fraction of sp³-hybridized carbons (Fsp3) is 0.0571. The van der Waals surface area contributed by atoms with Gasteiger partial charge in [-0.15, -0.1) is 0 Å². The SMILES string of the molecule is Cc1cc(N)no1.Cc1cc(Nc2nc3ccc(Cl)cc3o2)no1.Clc1ccc2nc(Cl)oc2c1.Nc1ccc(Cl)cc1O.S=c1[nH]c2ccc(Cl)cc2o1. The molecule has 4 aromatic carbocycles. The zero-order chi connectivity index (χ0) is 39.6. The maximum Gasteiger partial charge on any atom is 0.301 e. The van der Waals surface area contributed by atoms with Gasteiger partial charge in [-0.05, 0) is 86.2 Å². The molecule has 14 nitrogen and oxygen atoms in total. The van der Waals surface area contributed by atoms with Crippen molar-refractivity contribution in [1.29, 1.82) is 0 Å². The van der Waals surface area contributed by atoms with Crippen LogP contribution in [0, 0.1) is 18.7 Å². The third-order valence-corrected chi connectivity index (χ3v) is 7.85. The van der Waals surface area contributed by atoms with Crippen molar-refractivity contribution in [2.45, 2.75) is 13.8 Å². The predicted molar refractivity (Wildman–Crippen MR) is 217 cm³/mol. The molecule has 0 aliphatic heterocycles. The van der Waals surface area contributed by atoms with Crippen LogP contribution in [-0.2, 0) is 0 Å². The molecule has 0 fully saturated rings. The number of hydrogen-bond acceptors (Lipinski definition) is 14. The second-order valence-electron chi connectivity index (χ2n) is 10.9. The van der Waals surface area contributed by atoms with Crippen LogP contribution in [0.25, 0.3) is 33.3 Å². The largest absolute Gasteiger partial charge is 0.506 e. The lowest BCUT2D eigenvalue weighted by atomic mass is 10.3. The van der Waals surface area contributed by atoms with Crippen molar-refractivity contribution >= 4 is 127 Å². The van der Waals surface area contributed by atoms with Crippen LogP contribution in [0.2, 0.25) is 25.4 Å². The van der Waals surface area contributed by atoms with Gasteiger partial charge in [0.2, 0.25) is 0 Å². The Morgan fingerprint density at radius 1 is 0.655 bits per heavy atom. The van der Waals surface area contributed by atoms with E-state index in [4.69, 9.17) is 105 Å². The fourth-order valence-electron chi connectivity index (χ4n) is 4.18. The highest BCUT2D eigenvalue weighted by atomic mass is 35.5. The molecule has 0 unspecified atom stereocenters. The number of rotatable bonds is 2. The van der Waals surface area contributed by atoms with Crippen LogP contribution >= 0.6 is 70.2 Å². The van der Waals surface area contributed by atoms with E-state index in [0.717, 1.165) is 22.3 Å². The Kier molecular flexibility index (Phi) is 13.9. The minimum atomic E-state index is 0.0301. The number of aryl methyl sites for hydroxylation is 2. The van der Waals surface area contributed by atoms with E-state index in [9.17, 15) is 0 Å². The number of H-pyrrole nitrogens is 1. The van der Waals surface area contributed by atoms with Gasteiger partial charge in [-0.3, -0.25) is 5.32 Å². The van der Waals surface area contributed by atoms with E-state index in [1.165, 1.54) is 6.07 Å². The Labute approximate surface area is 340 Å². The van der Waals surface area contributed by atoms with Gasteiger partial charge in [0.05, 0.1) is 11.2 Å². The summed E-state index contributed by atoms with van der Waals surface area (Å²) in [6.07, 6.45) is 0. The number of aromatic hydroxyl groups is 1. The van der Waals surface area contributed by atoms with Crippen LogP contribution in [0.1, 0.15) is 11.5 Å². The van der Waals surface area contributed by atoms with Crippen LogP contribution in [0.15, 0.2) is 107 Å². The van der Waals surface area contributed by atoms with Gasteiger partial charge >= 0.3 is 6.01 Å². The molecule has 5 heterocycles. The van der Waals surface area contributed by atoms with Crippen molar-refractivity contribution in [2.75, 3.05) is 16.8 Å². The molecule has 0 radical (unpaired) electrons. The van der Waals surface area contributed by atoms with Crippen molar-refractivity contribution in [1.82, 2.24) is 25.3 Å². The van der Waals surface area contributed by atoms with Crippen molar-refractivity contribution in [3.8, 4) is 5.75 Å². The molecule has 0 saturated heterocycles. The fourth-order valence-corrected chi connectivity index (χ4v) is 5.21. The number of hydrogen-bond donors (Lipinski definition) is 5. The summed E-state index contributed by atoms with van der Waals surface area (Å²) in [5, 5.41) is 21.5. The van der Waals surface area contributed by atoms with E-state index in [2.05, 4.69) is 35.1 Å². The van der Waals surface area contributed by atoms with Gasteiger partial charge in [0.1, 0.15) is 28.3 Å². The lowest BCUT2D eigenvalue weighted by Crippen LogP contribution is -1.89. The van der Waals surface area contributed by atoms with Crippen LogP contribution in [0.3, 0.4) is 0 Å². The number of phenolic OH excluding ortho intramolecular Hbond substituents is 1. The summed E-state index contributed by atoms with van der Waals surface area (Å²) in [6.45, 7) is 3.60. The van der Waals surface area contributed by atoms with E-state index < -0.39 is 0 Å². The standard InChI is InChI=1S/C11H8ClN3O2.C7H3Cl2NO.C7H4ClNOS.C6H6ClNO.C4H6N2O/c1-6-4-10(15-17-6)14-11-13-8-3-2-7(12)5-9(8)16-11;8-4-1-2-5-6(3-4)11-7(9)10-5;8-4-1-2-5-6(3-4)10-7(11)9-5;7-4-1-2-5(8)6(9)3-4;1-3-2-4(5)6-7-3/h2-5H,1H3,(H,13,14,15);1-3H;1-3H,(H,9,11);1-3,9H,8H2;2H,1H3,(H2,5,6). The monoisotopic (exact) mass is 862 g/mol. The summed E-state index contributed by atoms with van der Waals surface area (Å²) in [5.41, 5.74) is 15.1. The topological polar surface area (TPSA) is 217 Å². The van der Waals surface area contributed by atoms with Crippen LogP contribution in [0.4, 0.5) is 23.3 Å². The Morgan fingerprint density at radius 2 is 1.22 bits per heavy atom. The Hall–Kier alpha value is -5.42. The molecule has 9 rings (SSSR count). The molecule has 0 spiro atoms. The summed E-state index contributed by atoms with van der Waals surface area (Å²) in [6, 6.07) is 24.1. The molecule has 5 aromatic heterocycles. The Bertz CT molecular complexity index is 2710. The zero-order valence-corrected chi connectivity index (χ0v) is 32.9. The van der Waals surface area contributed by atoms with E-state index in [-0.39, 0.29) is 11.1 Å². The molecule has 0 aliphatic rings. The van der Waals surface area contributed by atoms with Crippen molar-refractivity contribution < 1.29 is 27.4 Å². The number of anilines is 4. The lowest BCUT2D eigenvalue weighted by molar-refractivity contribution is 0.400. The third kappa shape index (κ3) is 12.3. The second-order valence-corrected chi connectivity index (χ2v) is 13.3. The number of nitrogen functional groups attached to an aromatic ring is 2. The van der Waals surface area contributed by atoms with Crippen LogP contribution in [0.5, 0.6) is 5.75 Å². The molecular formula is C35H27Cl5N8O6S. The average molecular weight is 865 g/mol. The molecule has 0 atom stereocenters. The summed E-state index contributed by atoms with van der Waals surface area (Å²) in [7, 11) is 0. The molecule has 284 valence electrons. The number of fused-ring (bicyclic) bond motifs is 3. The van der Waals surface area contributed by atoms with Gasteiger partial charge in [0.15, 0.2) is 28.4 Å². The van der Waals surface area contributed by atoms with E-state index in [0.29, 0.717) is 70.8 Å². The van der Waals surface area contributed by atoms with Crippen LogP contribution in [-0.4, -0.2) is 30.4 Å². The summed E-state index contributed by atoms with van der Waals surface area (Å²) in [4.78, 5) is 11.4. The normalized spacial score (nSPS) is 10.4. The maximum absolute atomic E-state index is 8.89. The molecule has 0 saturated carbocycles.